The molecule has 88 valence electrons. The van der Waals surface area contributed by atoms with Crippen molar-refractivity contribution in [3.8, 4) is 11.1 Å². The van der Waals surface area contributed by atoms with Crippen molar-refractivity contribution in [2.45, 2.75) is 13.0 Å². The highest BCUT2D eigenvalue weighted by Gasteiger charge is 2.11. The Morgan fingerprint density at radius 1 is 0.941 bits per heavy atom. The zero-order valence-corrected chi connectivity index (χ0v) is 9.45. The summed E-state index contributed by atoms with van der Waals surface area (Å²) in [4.78, 5) is 0. The molecule has 0 bridgehead atoms. The monoisotopic (exact) mass is 233 g/mol. The average molecular weight is 233 g/mol. The van der Waals surface area contributed by atoms with Gasteiger partial charge in [-0.05, 0) is 30.7 Å². The van der Waals surface area contributed by atoms with Crippen LogP contribution < -0.4 is 5.73 Å². The summed E-state index contributed by atoms with van der Waals surface area (Å²) in [7, 11) is 0. The first-order valence-corrected chi connectivity index (χ1v) is 5.39. The third kappa shape index (κ3) is 2.34. The van der Waals surface area contributed by atoms with Crippen molar-refractivity contribution >= 4 is 0 Å². The van der Waals surface area contributed by atoms with Gasteiger partial charge >= 0.3 is 0 Å². The molecule has 0 radical (unpaired) electrons. The van der Waals surface area contributed by atoms with Crippen molar-refractivity contribution in [1.82, 2.24) is 0 Å². The van der Waals surface area contributed by atoms with E-state index in [0.29, 0.717) is 0 Å². The highest BCUT2D eigenvalue weighted by atomic mass is 19.1. The summed E-state index contributed by atoms with van der Waals surface area (Å²) in [6.45, 7) is 1.80. The van der Waals surface area contributed by atoms with Crippen LogP contribution in [0.2, 0.25) is 0 Å². The minimum absolute atomic E-state index is 0.207. The van der Waals surface area contributed by atoms with E-state index in [4.69, 9.17) is 5.73 Å². The fraction of sp³-hybridized carbons (Fsp3) is 0.143. The summed E-state index contributed by atoms with van der Waals surface area (Å²) in [5.74, 6) is -0.882. The molecule has 2 rings (SSSR count). The van der Waals surface area contributed by atoms with Gasteiger partial charge in [0, 0.05) is 17.2 Å². The molecule has 1 unspecified atom stereocenters. The average Bonchev–Trinajstić information content (AvgIpc) is 2.30. The normalized spacial score (nSPS) is 12.5. The third-order valence-electron chi connectivity index (χ3n) is 2.68. The van der Waals surface area contributed by atoms with Gasteiger partial charge in [-0.2, -0.15) is 0 Å². The van der Waals surface area contributed by atoms with Crippen LogP contribution in [-0.2, 0) is 0 Å². The SMILES string of the molecule is CC(N)c1ccc(F)c(-c2ccccc2F)c1. The molecule has 3 heteroatoms. The Labute approximate surface area is 98.9 Å². The van der Waals surface area contributed by atoms with E-state index in [1.807, 2.05) is 0 Å². The van der Waals surface area contributed by atoms with Crippen molar-refractivity contribution in [3.63, 3.8) is 0 Å². The lowest BCUT2D eigenvalue weighted by molar-refractivity contribution is 0.615. The Hall–Kier alpha value is -1.74. The van der Waals surface area contributed by atoms with Crippen LogP contribution in [0.5, 0.6) is 0 Å². The molecule has 2 N–H and O–H groups in total. The van der Waals surface area contributed by atoms with E-state index in [9.17, 15) is 8.78 Å². The van der Waals surface area contributed by atoms with Crippen molar-refractivity contribution in [3.05, 3.63) is 59.7 Å². The quantitative estimate of drug-likeness (QED) is 0.841. The summed E-state index contributed by atoms with van der Waals surface area (Å²) < 4.78 is 27.3. The van der Waals surface area contributed by atoms with Gasteiger partial charge in [0.2, 0.25) is 0 Å². The third-order valence-corrected chi connectivity index (χ3v) is 2.68. The number of benzene rings is 2. The second-order valence-corrected chi connectivity index (χ2v) is 4.01. The highest BCUT2D eigenvalue weighted by Crippen LogP contribution is 2.27. The number of rotatable bonds is 2. The Bertz CT molecular complexity index is 535. The van der Waals surface area contributed by atoms with Gasteiger partial charge in [-0.3, -0.25) is 0 Å². The summed E-state index contributed by atoms with van der Waals surface area (Å²) in [5, 5.41) is 0. The van der Waals surface area contributed by atoms with Crippen LogP contribution in [-0.4, -0.2) is 0 Å². The van der Waals surface area contributed by atoms with Crippen molar-refractivity contribution in [2.75, 3.05) is 0 Å². The molecular weight excluding hydrogens is 220 g/mol. The Morgan fingerprint density at radius 2 is 1.59 bits per heavy atom. The van der Waals surface area contributed by atoms with Gasteiger partial charge in [0.05, 0.1) is 0 Å². The molecule has 0 saturated heterocycles. The van der Waals surface area contributed by atoms with E-state index in [2.05, 4.69) is 0 Å². The molecule has 0 aliphatic carbocycles. The van der Waals surface area contributed by atoms with Crippen LogP contribution in [0.4, 0.5) is 8.78 Å². The summed E-state index contributed by atoms with van der Waals surface area (Å²) in [6, 6.07) is 10.4. The second-order valence-electron chi connectivity index (χ2n) is 4.01. The first kappa shape index (κ1) is 11.7. The Balaban J connectivity index is 2.59. The van der Waals surface area contributed by atoms with Crippen LogP contribution in [0.1, 0.15) is 18.5 Å². The van der Waals surface area contributed by atoms with Crippen molar-refractivity contribution < 1.29 is 8.78 Å². The van der Waals surface area contributed by atoms with Crippen molar-refractivity contribution in [1.29, 1.82) is 0 Å². The molecule has 2 aromatic rings. The molecule has 0 saturated carbocycles. The number of halogens is 2. The van der Waals surface area contributed by atoms with Crippen LogP contribution in [0, 0.1) is 11.6 Å². The van der Waals surface area contributed by atoms with Gasteiger partial charge in [0.1, 0.15) is 11.6 Å². The molecule has 1 nitrogen and oxygen atoms in total. The predicted octanol–water partition coefficient (Wildman–Crippen LogP) is 3.65. The standard InChI is InChI=1S/C14H13F2N/c1-9(17)10-6-7-14(16)12(8-10)11-4-2-3-5-13(11)15/h2-9H,17H2,1H3. The fourth-order valence-electron chi connectivity index (χ4n) is 1.71. The molecule has 17 heavy (non-hydrogen) atoms. The smallest absolute Gasteiger partial charge is 0.131 e. The largest absolute Gasteiger partial charge is 0.324 e. The summed E-state index contributed by atoms with van der Waals surface area (Å²) in [5.41, 5.74) is 7.02. The molecule has 2 aromatic carbocycles. The maximum atomic E-state index is 13.7. The van der Waals surface area contributed by atoms with E-state index in [1.54, 1.807) is 37.3 Å². The first-order valence-electron chi connectivity index (χ1n) is 5.39. The minimum atomic E-state index is -0.445. The van der Waals surface area contributed by atoms with E-state index in [1.165, 1.54) is 12.1 Å². The van der Waals surface area contributed by atoms with Gasteiger partial charge in [-0.25, -0.2) is 8.78 Å². The molecule has 0 heterocycles. The summed E-state index contributed by atoms with van der Waals surface area (Å²) >= 11 is 0. The molecule has 0 fully saturated rings. The topological polar surface area (TPSA) is 26.0 Å². The maximum absolute atomic E-state index is 13.7. The van der Waals surface area contributed by atoms with E-state index < -0.39 is 11.6 Å². The summed E-state index contributed by atoms with van der Waals surface area (Å²) in [6.07, 6.45) is 0. The lowest BCUT2D eigenvalue weighted by Crippen LogP contribution is -2.05. The Morgan fingerprint density at radius 3 is 2.24 bits per heavy atom. The second kappa shape index (κ2) is 4.63. The molecule has 0 aliphatic heterocycles. The number of hydrogen-bond acceptors (Lipinski definition) is 1. The zero-order chi connectivity index (χ0) is 12.4. The van der Waals surface area contributed by atoms with Gasteiger partial charge in [-0.1, -0.05) is 24.3 Å². The van der Waals surface area contributed by atoms with E-state index in [-0.39, 0.29) is 17.2 Å². The highest BCUT2D eigenvalue weighted by molar-refractivity contribution is 5.65. The molecule has 0 amide bonds. The van der Waals surface area contributed by atoms with E-state index >= 15 is 0 Å². The van der Waals surface area contributed by atoms with Crippen molar-refractivity contribution in [2.24, 2.45) is 5.73 Å². The lowest BCUT2D eigenvalue weighted by atomic mass is 9.99. The molecule has 0 aliphatic rings. The molecular formula is C14H13F2N. The van der Waals surface area contributed by atoms with Gasteiger partial charge in [-0.15, -0.1) is 0 Å². The number of hydrogen-bond donors (Lipinski definition) is 1. The number of nitrogens with two attached hydrogens (primary N) is 1. The molecule has 1 atom stereocenters. The van der Waals surface area contributed by atoms with Crippen LogP contribution in [0.25, 0.3) is 11.1 Å². The van der Waals surface area contributed by atoms with Crippen LogP contribution >= 0.6 is 0 Å². The lowest BCUT2D eigenvalue weighted by Gasteiger charge is -2.10. The van der Waals surface area contributed by atoms with Gasteiger partial charge in [0.25, 0.3) is 0 Å². The zero-order valence-electron chi connectivity index (χ0n) is 9.45. The predicted molar refractivity (Wildman–Crippen MR) is 64.4 cm³/mol. The van der Waals surface area contributed by atoms with E-state index in [0.717, 1.165) is 5.56 Å². The fourth-order valence-corrected chi connectivity index (χ4v) is 1.71. The molecule has 0 aromatic heterocycles. The van der Waals surface area contributed by atoms with Gasteiger partial charge in [0.15, 0.2) is 0 Å². The molecule has 0 spiro atoms. The first-order chi connectivity index (χ1) is 8.09. The van der Waals surface area contributed by atoms with Crippen LogP contribution in [0.3, 0.4) is 0 Å². The Kier molecular flexibility index (Phi) is 3.20. The minimum Gasteiger partial charge on any atom is -0.324 e. The van der Waals surface area contributed by atoms with Gasteiger partial charge < -0.3 is 5.73 Å². The maximum Gasteiger partial charge on any atom is 0.131 e. The van der Waals surface area contributed by atoms with Crippen LogP contribution in [0.15, 0.2) is 42.5 Å².